The van der Waals surface area contributed by atoms with Gasteiger partial charge in [-0.15, -0.1) is 0 Å². The van der Waals surface area contributed by atoms with Crippen LogP contribution in [0.5, 0.6) is 5.75 Å². The first-order chi connectivity index (χ1) is 8.81. The molecule has 5 heteroatoms. The van der Waals surface area contributed by atoms with Gasteiger partial charge in [-0.2, -0.15) is 22.3 Å². The maximum Gasteiger partial charge on any atom is 0.137 e. The maximum absolute atomic E-state index is 8.94. The molecule has 1 rings (SSSR count). The molecule has 0 N–H and O–H groups in total. The Balaban J connectivity index is 2.43. The minimum absolute atomic E-state index is 0.373. The number of nitrogens with zero attached hydrogens (tertiary/aromatic N) is 2. The maximum atomic E-state index is 8.94. The van der Waals surface area contributed by atoms with E-state index in [2.05, 4.69) is 0 Å². The molecular weight excluding hydrogens is 248 g/mol. The molecule has 0 aliphatic carbocycles. The van der Waals surface area contributed by atoms with Gasteiger partial charge in [0, 0.05) is 5.75 Å². The molecule has 0 fully saturated rings. The minimum Gasteiger partial charge on any atom is -0.490 e. The zero-order valence-corrected chi connectivity index (χ0v) is 11.0. The van der Waals surface area contributed by atoms with Gasteiger partial charge in [0.25, 0.3) is 0 Å². The summed E-state index contributed by atoms with van der Waals surface area (Å²) in [5.41, 5.74) is 0.827. The number of ether oxygens (including phenoxy) is 2. The summed E-state index contributed by atoms with van der Waals surface area (Å²) in [4.78, 5) is 0. The van der Waals surface area contributed by atoms with Gasteiger partial charge in [-0.1, -0.05) is 0 Å². The number of rotatable bonds is 7. The van der Waals surface area contributed by atoms with E-state index in [-0.39, 0.29) is 0 Å². The molecule has 0 amide bonds. The Bertz CT molecular complexity index is 463. The van der Waals surface area contributed by atoms with Crippen LogP contribution in [0.25, 0.3) is 0 Å². The fourth-order valence-electron chi connectivity index (χ4n) is 1.27. The molecule has 1 aromatic rings. The third-order valence-electron chi connectivity index (χ3n) is 2.15. The van der Waals surface area contributed by atoms with Gasteiger partial charge in [-0.25, -0.2) is 0 Å². The Morgan fingerprint density at radius 1 is 1.17 bits per heavy atom. The highest BCUT2D eigenvalue weighted by atomic mass is 32.2. The van der Waals surface area contributed by atoms with Gasteiger partial charge in [0.1, 0.15) is 18.4 Å². The highest BCUT2D eigenvalue weighted by Crippen LogP contribution is 2.18. The van der Waals surface area contributed by atoms with Gasteiger partial charge in [0.2, 0.25) is 0 Å². The quantitative estimate of drug-likeness (QED) is 0.705. The number of hydrogen-bond acceptors (Lipinski definition) is 5. The third kappa shape index (κ3) is 4.67. The molecule has 0 spiro atoms. The lowest BCUT2D eigenvalue weighted by Gasteiger charge is -2.08. The van der Waals surface area contributed by atoms with E-state index in [4.69, 9.17) is 20.0 Å². The zero-order chi connectivity index (χ0) is 13.2. The van der Waals surface area contributed by atoms with E-state index in [0.29, 0.717) is 36.7 Å². The number of benzene rings is 1. The average Bonchev–Trinajstić information content (AvgIpc) is 2.42. The molecule has 0 bridgehead atoms. The van der Waals surface area contributed by atoms with Crippen molar-refractivity contribution in [2.75, 3.05) is 31.8 Å². The molecule has 0 aliphatic rings. The predicted octanol–water partition coefficient (Wildman–Crippen LogP) is 2.19. The summed E-state index contributed by atoms with van der Waals surface area (Å²) < 4.78 is 10.8. The van der Waals surface area contributed by atoms with E-state index < -0.39 is 0 Å². The van der Waals surface area contributed by atoms with Crippen molar-refractivity contribution >= 4 is 11.8 Å². The van der Waals surface area contributed by atoms with E-state index in [1.165, 1.54) is 6.07 Å². The molecule has 4 nitrogen and oxygen atoms in total. The van der Waals surface area contributed by atoms with Gasteiger partial charge in [-0.05, 0) is 24.5 Å². The first-order valence-corrected chi connectivity index (χ1v) is 6.85. The van der Waals surface area contributed by atoms with Crippen molar-refractivity contribution in [3.8, 4) is 17.9 Å². The second-order valence-electron chi connectivity index (χ2n) is 3.39. The molecule has 18 heavy (non-hydrogen) atoms. The molecule has 0 saturated heterocycles. The van der Waals surface area contributed by atoms with Crippen LogP contribution >= 0.6 is 11.8 Å². The molecule has 0 unspecified atom stereocenters. The topological polar surface area (TPSA) is 66.0 Å². The molecule has 94 valence electrons. The minimum atomic E-state index is 0.373. The fourth-order valence-corrected chi connectivity index (χ4v) is 1.55. The van der Waals surface area contributed by atoms with Crippen LogP contribution in [0.15, 0.2) is 18.2 Å². The van der Waals surface area contributed by atoms with Crippen molar-refractivity contribution in [1.82, 2.24) is 0 Å². The van der Waals surface area contributed by atoms with Crippen LogP contribution in [0.2, 0.25) is 0 Å². The monoisotopic (exact) mass is 262 g/mol. The smallest absolute Gasteiger partial charge is 0.137 e. The Labute approximate surface area is 111 Å². The van der Waals surface area contributed by atoms with E-state index in [1.54, 1.807) is 23.9 Å². The van der Waals surface area contributed by atoms with E-state index >= 15 is 0 Å². The molecule has 1 aromatic carbocycles. The summed E-state index contributed by atoms with van der Waals surface area (Å²) in [7, 11) is 0. The first kappa shape index (κ1) is 14.4. The highest BCUT2D eigenvalue weighted by molar-refractivity contribution is 7.98. The number of thioether (sulfide) groups is 1. The third-order valence-corrected chi connectivity index (χ3v) is 2.72. The van der Waals surface area contributed by atoms with Crippen LogP contribution in [-0.2, 0) is 4.74 Å². The number of hydrogen-bond donors (Lipinski definition) is 0. The van der Waals surface area contributed by atoms with Gasteiger partial charge >= 0.3 is 0 Å². The summed E-state index contributed by atoms with van der Waals surface area (Å²) in [6.07, 6.45) is 2.02. The van der Waals surface area contributed by atoms with Gasteiger partial charge in [0.15, 0.2) is 0 Å². The lowest BCUT2D eigenvalue weighted by atomic mass is 10.1. The summed E-state index contributed by atoms with van der Waals surface area (Å²) in [6.45, 7) is 1.59. The Morgan fingerprint density at radius 2 is 2.00 bits per heavy atom. The standard InChI is InChI=1S/C13H14N2O2S/c1-18-7-6-16-4-5-17-13-3-2-11(9-14)8-12(13)10-15/h2-3,8H,4-7H2,1H3. The van der Waals surface area contributed by atoms with Crippen LogP contribution in [0.4, 0.5) is 0 Å². The molecule has 0 saturated carbocycles. The van der Waals surface area contributed by atoms with Gasteiger partial charge in [-0.3, -0.25) is 0 Å². The Hall–Kier alpha value is -1.69. The SMILES string of the molecule is CSCCOCCOc1ccc(C#N)cc1C#N. The number of nitriles is 2. The second-order valence-corrected chi connectivity index (χ2v) is 4.37. The fraction of sp³-hybridized carbons (Fsp3) is 0.385. The van der Waals surface area contributed by atoms with Crippen molar-refractivity contribution in [2.45, 2.75) is 0 Å². The van der Waals surface area contributed by atoms with Crippen LogP contribution in [0.1, 0.15) is 11.1 Å². The average molecular weight is 262 g/mol. The van der Waals surface area contributed by atoms with Crippen molar-refractivity contribution in [3.05, 3.63) is 29.3 Å². The summed E-state index contributed by atoms with van der Waals surface area (Å²) in [5, 5.41) is 17.7. The summed E-state index contributed by atoms with van der Waals surface area (Å²) in [5.74, 6) is 1.45. The first-order valence-electron chi connectivity index (χ1n) is 5.45. The van der Waals surface area contributed by atoms with Crippen LogP contribution in [0.3, 0.4) is 0 Å². The molecule has 0 aromatic heterocycles. The van der Waals surface area contributed by atoms with Crippen molar-refractivity contribution < 1.29 is 9.47 Å². The molecule has 0 heterocycles. The summed E-state index contributed by atoms with van der Waals surface area (Å²) in [6, 6.07) is 8.78. The van der Waals surface area contributed by atoms with E-state index in [0.717, 1.165) is 5.75 Å². The molecular formula is C13H14N2O2S. The van der Waals surface area contributed by atoms with Gasteiger partial charge in [0.05, 0.1) is 30.4 Å². The van der Waals surface area contributed by atoms with E-state index in [9.17, 15) is 0 Å². The van der Waals surface area contributed by atoms with Gasteiger partial charge < -0.3 is 9.47 Å². The molecule has 0 atom stereocenters. The van der Waals surface area contributed by atoms with Crippen molar-refractivity contribution in [2.24, 2.45) is 0 Å². The van der Waals surface area contributed by atoms with Crippen LogP contribution in [-0.4, -0.2) is 31.8 Å². The molecule has 0 radical (unpaired) electrons. The second kappa shape index (κ2) is 8.41. The molecule has 0 aliphatic heterocycles. The van der Waals surface area contributed by atoms with Crippen LogP contribution < -0.4 is 4.74 Å². The Kier molecular flexibility index (Phi) is 6.71. The normalized spacial score (nSPS) is 9.50. The summed E-state index contributed by atoms with van der Waals surface area (Å²) >= 11 is 1.73. The van der Waals surface area contributed by atoms with Crippen molar-refractivity contribution in [3.63, 3.8) is 0 Å². The van der Waals surface area contributed by atoms with E-state index in [1.807, 2.05) is 18.4 Å². The zero-order valence-electron chi connectivity index (χ0n) is 10.2. The van der Waals surface area contributed by atoms with Crippen molar-refractivity contribution in [1.29, 1.82) is 10.5 Å². The highest BCUT2D eigenvalue weighted by Gasteiger charge is 2.04. The van der Waals surface area contributed by atoms with Crippen LogP contribution in [0, 0.1) is 22.7 Å². The Morgan fingerprint density at radius 3 is 2.67 bits per heavy atom. The lowest BCUT2D eigenvalue weighted by molar-refractivity contribution is 0.112. The largest absolute Gasteiger partial charge is 0.490 e. The lowest BCUT2D eigenvalue weighted by Crippen LogP contribution is -2.09. The predicted molar refractivity (Wildman–Crippen MR) is 70.6 cm³/mol.